The van der Waals surface area contributed by atoms with Crippen molar-refractivity contribution >= 4 is 33.3 Å². The second-order valence-electron chi connectivity index (χ2n) is 5.02. The van der Waals surface area contributed by atoms with Gasteiger partial charge in [-0.05, 0) is 18.6 Å². The minimum atomic E-state index is -4.06. The third-order valence-electron chi connectivity index (χ3n) is 3.20. The number of carbonyl (C=O) groups is 1. The van der Waals surface area contributed by atoms with E-state index in [4.69, 9.17) is 16.7 Å². The molecule has 0 aliphatic rings. The second kappa shape index (κ2) is 8.36. The van der Waals surface area contributed by atoms with E-state index in [1.165, 1.54) is 12.5 Å². The Morgan fingerprint density at radius 2 is 1.91 bits per heavy atom. The predicted molar refractivity (Wildman–Crippen MR) is 87.0 cm³/mol. The lowest BCUT2D eigenvalue weighted by atomic mass is 10.1. The van der Waals surface area contributed by atoms with Gasteiger partial charge in [-0.3, -0.25) is 0 Å². The highest BCUT2D eigenvalue weighted by Gasteiger charge is 2.20. The number of anilines is 1. The number of aromatic carboxylic acids is 1. The Hall–Kier alpha value is -1.31. The van der Waals surface area contributed by atoms with E-state index in [-0.39, 0.29) is 15.5 Å². The van der Waals surface area contributed by atoms with E-state index >= 15 is 0 Å². The van der Waals surface area contributed by atoms with Crippen molar-refractivity contribution in [3.8, 4) is 0 Å². The Kier molecular flexibility index (Phi) is 7.12. The first-order valence-electron chi connectivity index (χ1n) is 7.11. The number of unbranched alkanes of at least 4 members (excludes halogenated alkanes) is 4. The number of hydrogen-bond acceptors (Lipinski definition) is 4. The van der Waals surface area contributed by atoms with Crippen LogP contribution in [0.25, 0.3) is 0 Å². The van der Waals surface area contributed by atoms with E-state index in [0.29, 0.717) is 12.2 Å². The lowest BCUT2D eigenvalue weighted by Crippen LogP contribution is -2.15. The van der Waals surface area contributed by atoms with Gasteiger partial charge in [-0.2, -0.15) is 0 Å². The molecule has 4 N–H and O–H groups in total. The predicted octanol–water partition coefficient (Wildman–Crippen LogP) is 3.07. The summed E-state index contributed by atoms with van der Waals surface area (Å²) < 4.78 is 22.8. The summed E-state index contributed by atoms with van der Waals surface area (Å²) in [5, 5.41) is 17.1. The summed E-state index contributed by atoms with van der Waals surface area (Å²) in [5.74, 6) is -1.24. The number of primary sulfonamides is 1. The van der Waals surface area contributed by atoms with Gasteiger partial charge in [-0.1, -0.05) is 44.2 Å². The zero-order valence-electron chi connectivity index (χ0n) is 12.4. The van der Waals surface area contributed by atoms with E-state index in [2.05, 4.69) is 12.2 Å². The molecule has 0 saturated heterocycles. The van der Waals surface area contributed by atoms with Crippen LogP contribution in [-0.4, -0.2) is 26.0 Å². The van der Waals surface area contributed by atoms with Gasteiger partial charge in [0.15, 0.2) is 0 Å². The number of carboxylic acids is 1. The smallest absolute Gasteiger partial charge is 0.337 e. The van der Waals surface area contributed by atoms with Crippen molar-refractivity contribution in [1.29, 1.82) is 0 Å². The van der Waals surface area contributed by atoms with Crippen molar-refractivity contribution < 1.29 is 18.3 Å². The highest BCUT2D eigenvalue weighted by Crippen LogP contribution is 2.28. The van der Waals surface area contributed by atoms with E-state index < -0.39 is 16.0 Å². The van der Waals surface area contributed by atoms with Crippen molar-refractivity contribution in [3.63, 3.8) is 0 Å². The molecular formula is C14H21ClN2O4S. The molecule has 0 spiro atoms. The number of halogens is 1. The van der Waals surface area contributed by atoms with Crippen LogP contribution in [0.5, 0.6) is 0 Å². The molecule has 0 aliphatic heterocycles. The van der Waals surface area contributed by atoms with Gasteiger partial charge in [0, 0.05) is 6.54 Å². The highest BCUT2D eigenvalue weighted by atomic mass is 35.5. The molecular weight excluding hydrogens is 328 g/mol. The van der Waals surface area contributed by atoms with Gasteiger partial charge in [0.2, 0.25) is 10.0 Å². The van der Waals surface area contributed by atoms with Crippen LogP contribution in [0.4, 0.5) is 5.69 Å². The van der Waals surface area contributed by atoms with Crippen LogP contribution in [0.1, 0.15) is 49.4 Å². The molecule has 124 valence electrons. The monoisotopic (exact) mass is 348 g/mol. The highest BCUT2D eigenvalue weighted by molar-refractivity contribution is 7.89. The molecule has 0 radical (unpaired) electrons. The molecule has 1 aromatic carbocycles. The fourth-order valence-electron chi connectivity index (χ4n) is 2.05. The second-order valence-corrected chi connectivity index (χ2v) is 6.96. The molecule has 0 saturated carbocycles. The number of carboxylic acid groups (broad SMARTS) is 1. The van der Waals surface area contributed by atoms with Crippen molar-refractivity contribution in [3.05, 3.63) is 22.7 Å². The largest absolute Gasteiger partial charge is 0.478 e. The molecule has 0 unspecified atom stereocenters. The van der Waals surface area contributed by atoms with Crippen LogP contribution in [0, 0.1) is 0 Å². The third kappa shape index (κ3) is 5.47. The first kappa shape index (κ1) is 18.7. The van der Waals surface area contributed by atoms with Gasteiger partial charge in [-0.25, -0.2) is 18.4 Å². The fraction of sp³-hybridized carbons (Fsp3) is 0.500. The minimum Gasteiger partial charge on any atom is -0.478 e. The molecule has 0 amide bonds. The zero-order valence-corrected chi connectivity index (χ0v) is 14.0. The van der Waals surface area contributed by atoms with E-state index in [1.54, 1.807) is 0 Å². The Morgan fingerprint density at radius 3 is 2.45 bits per heavy atom. The van der Waals surface area contributed by atoms with Crippen molar-refractivity contribution in [1.82, 2.24) is 0 Å². The third-order valence-corrected chi connectivity index (χ3v) is 4.58. The Labute approximate surface area is 135 Å². The number of nitrogens with two attached hydrogens (primary N) is 1. The molecule has 0 aliphatic carbocycles. The van der Waals surface area contributed by atoms with Crippen LogP contribution in [0.2, 0.25) is 5.02 Å². The maximum absolute atomic E-state index is 11.4. The van der Waals surface area contributed by atoms with Crippen molar-refractivity contribution in [2.75, 3.05) is 11.9 Å². The van der Waals surface area contributed by atoms with Gasteiger partial charge in [0.25, 0.3) is 0 Å². The van der Waals surface area contributed by atoms with Crippen LogP contribution >= 0.6 is 11.6 Å². The summed E-state index contributed by atoms with van der Waals surface area (Å²) in [6.45, 7) is 2.72. The molecule has 8 heteroatoms. The zero-order chi connectivity index (χ0) is 16.8. The number of nitrogens with one attached hydrogen (secondary N) is 1. The first-order valence-corrected chi connectivity index (χ1v) is 9.03. The standard InChI is InChI=1S/C14H21ClN2O4S/c1-2-3-4-5-6-7-17-12-9-11(15)13(22(16,20)21)8-10(12)14(18)19/h8-9,17H,2-7H2,1H3,(H,18,19)(H2,16,20,21). The van der Waals surface area contributed by atoms with Crippen molar-refractivity contribution in [2.24, 2.45) is 5.14 Å². The molecule has 1 aromatic rings. The number of sulfonamides is 1. The molecule has 6 nitrogen and oxygen atoms in total. The molecule has 0 fully saturated rings. The maximum Gasteiger partial charge on any atom is 0.337 e. The quantitative estimate of drug-likeness (QED) is 0.594. The van der Waals surface area contributed by atoms with E-state index in [9.17, 15) is 18.3 Å². The average Bonchev–Trinajstić information content (AvgIpc) is 2.41. The lowest BCUT2D eigenvalue weighted by molar-refractivity contribution is 0.0697. The molecule has 22 heavy (non-hydrogen) atoms. The SMILES string of the molecule is CCCCCCCNc1cc(Cl)c(S(N)(=O)=O)cc1C(=O)O. The molecule has 1 rings (SSSR count). The van der Waals surface area contributed by atoms with Crippen LogP contribution in [0.15, 0.2) is 17.0 Å². The summed E-state index contributed by atoms with van der Waals surface area (Å²) >= 11 is 5.88. The lowest BCUT2D eigenvalue weighted by Gasteiger charge is -2.12. The summed E-state index contributed by atoms with van der Waals surface area (Å²) in [5.41, 5.74) is 0.127. The van der Waals surface area contributed by atoms with Crippen molar-refractivity contribution in [2.45, 2.75) is 43.9 Å². The summed E-state index contributed by atoms with van der Waals surface area (Å²) in [4.78, 5) is 10.9. The summed E-state index contributed by atoms with van der Waals surface area (Å²) in [6, 6.07) is 2.27. The Morgan fingerprint density at radius 1 is 1.27 bits per heavy atom. The van der Waals surface area contributed by atoms with Crippen LogP contribution < -0.4 is 10.5 Å². The summed E-state index contributed by atoms with van der Waals surface area (Å²) in [7, 11) is -4.06. The van der Waals surface area contributed by atoms with Crippen LogP contribution in [0.3, 0.4) is 0 Å². The topological polar surface area (TPSA) is 109 Å². The molecule has 0 heterocycles. The molecule has 0 aromatic heterocycles. The number of hydrogen-bond donors (Lipinski definition) is 3. The minimum absolute atomic E-state index is 0.0963. The normalized spacial score (nSPS) is 11.4. The average molecular weight is 349 g/mol. The number of rotatable bonds is 9. The Balaban J connectivity index is 2.86. The van der Waals surface area contributed by atoms with Crippen LogP contribution in [-0.2, 0) is 10.0 Å². The van der Waals surface area contributed by atoms with Gasteiger partial charge >= 0.3 is 5.97 Å². The van der Waals surface area contributed by atoms with Gasteiger partial charge < -0.3 is 10.4 Å². The number of benzene rings is 1. The van der Waals surface area contributed by atoms with Gasteiger partial charge in [0.05, 0.1) is 16.3 Å². The Bertz CT molecular complexity index is 632. The van der Waals surface area contributed by atoms with E-state index in [0.717, 1.165) is 31.7 Å². The molecule has 0 bridgehead atoms. The maximum atomic E-state index is 11.4. The molecule has 0 atom stereocenters. The van der Waals surface area contributed by atoms with E-state index in [1.807, 2.05) is 0 Å². The van der Waals surface area contributed by atoms with Gasteiger partial charge in [-0.15, -0.1) is 0 Å². The van der Waals surface area contributed by atoms with Gasteiger partial charge in [0.1, 0.15) is 4.90 Å². The first-order chi connectivity index (χ1) is 10.3. The summed E-state index contributed by atoms with van der Waals surface area (Å²) in [6.07, 6.45) is 5.41. The fourth-order valence-corrected chi connectivity index (χ4v) is 3.15.